The van der Waals surface area contributed by atoms with Crippen LogP contribution in [0.15, 0.2) is 18.2 Å². The van der Waals surface area contributed by atoms with Gasteiger partial charge in [-0.3, -0.25) is 0 Å². The third kappa shape index (κ3) is 2.80. The maximum Gasteiger partial charge on any atom is 0.338 e. The summed E-state index contributed by atoms with van der Waals surface area (Å²) in [5.41, 5.74) is 2.40. The number of hydrogen-bond donors (Lipinski definition) is 1. The van der Waals surface area contributed by atoms with Gasteiger partial charge in [0.2, 0.25) is 0 Å². The summed E-state index contributed by atoms with van der Waals surface area (Å²) in [5.74, 6) is -0.309. The highest BCUT2D eigenvalue weighted by atomic mass is 16.5. The van der Waals surface area contributed by atoms with Crippen LogP contribution in [-0.2, 0) is 17.8 Å². The minimum absolute atomic E-state index is 0.00623. The van der Waals surface area contributed by atoms with E-state index >= 15 is 0 Å². The van der Waals surface area contributed by atoms with Crippen LogP contribution in [0.4, 0.5) is 0 Å². The lowest BCUT2D eigenvalue weighted by molar-refractivity contribution is 0.0526. The van der Waals surface area contributed by atoms with Crippen molar-refractivity contribution in [1.82, 2.24) is 0 Å². The van der Waals surface area contributed by atoms with E-state index in [1.165, 1.54) is 0 Å². The fourth-order valence-corrected chi connectivity index (χ4v) is 1.45. The van der Waals surface area contributed by atoms with Crippen molar-refractivity contribution in [1.29, 1.82) is 0 Å². The molecule has 15 heavy (non-hydrogen) atoms. The predicted molar refractivity (Wildman–Crippen MR) is 57.7 cm³/mol. The first-order chi connectivity index (χ1) is 7.22. The minimum atomic E-state index is -0.309. The van der Waals surface area contributed by atoms with Crippen molar-refractivity contribution in [2.24, 2.45) is 0 Å². The highest BCUT2D eigenvalue weighted by molar-refractivity contribution is 5.89. The molecule has 1 rings (SSSR count). The summed E-state index contributed by atoms with van der Waals surface area (Å²) in [6.45, 7) is 4.15. The Morgan fingerprint density at radius 2 is 2.07 bits per heavy atom. The van der Waals surface area contributed by atoms with Gasteiger partial charge in [-0.2, -0.15) is 0 Å². The summed E-state index contributed by atoms with van der Waals surface area (Å²) in [7, 11) is 0. The van der Waals surface area contributed by atoms with E-state index in [0.29, 0.717) is 12.2 Å². The van der Waals surface area contributed by atoms with Crippen LogP contribution < -0.4 is 0 Å². The normalized spacial score (nSPS) is 10.1. The van der Waals surface area contributed by atoms with Crippen LogP contribution >= 0.6 is 0 Å². The molecule has 1 aromatic carbocycles. The Labute approximate surface area is 89.7 Å². The zero-order chi connectivity index (χ0) is 11.3. The number of aliphatic hydroxyl groups excluding tert-OH is 1. The Balaban J connectivity index is 2.97. The summed E-state index contributed by atoms with van der Waals surface area (Å²) in [4.78, 5) is 11.4. The molecule has 0 saturated carbocycles. The molecule has 0 amide bonds. The van der Waals surface area contributed by atoms with E-state index in [1.807, 2.05) is 6.92 Å². The number of benzene rings is 1. The van der Waals surface area contributed by atoms with Crippen molar-refractivity contribution in [3.8, 4) is 0 Å². The molecule has 0 unspecified atom stereocenters. The third-order valence-corrected chi connectivity index (χ3v) is 2.27. The zero-order valence-corrected chi connectivity index (χ0v) is 9.12. The Bertz CT molecular complexity index is 345. The molecule has 0 fully saturated rings. The lowest BCUT2D eigenvalue weighted by atomic mass is 10.0. The van der Waals surface area contributed by atoms with E-state index in [-0.39, 0.29) is 12.6 Å². The molecule has 0 spiro atoms. The maximum absolute atomic E-state index is 11.4. The average Bonchev–Trinajstić information content (AvgIpc) is 2.28. The van der Waals surface area contributed by atoms with Crippen LogP contribution in [-0.4, -0.2) is 17.7 Å². The van der Waals surface area contributed by atoms with Gasteiger partial charge in [-0.1, -0.05) is 13.0 Å². The number of ether oxygens (including phenoxy) is 1. The van der Waals surface area contributed by atoms with Crippen LogP contribution in [0.3, 0.4) is 0 Å². The second-order valence-electron chi connectivity index (χ2n) is 3.22. The summed E-state index contributed by atoms with van der Waals surface area (Å²) < 4.78 is 4.90. The van der Waals surface area contributed by atoms with E-state index in [9.17, 15) is 4.79 Å². The van der Waals surface area contributed by atoms with Crippen LogP contribution in [0.1, 0.15) is 35.3 Å². The highest BCUT2D eigenvalue weighted by Crippen LogP contribution is 2.13. The van der Waals surface area contributed by atoms with E-state index in [2.05, 4.69) is 0 Å². The molecule has 0 radical (unpaired) electrons. The zero-order valence-electron chi connectivity index (χ0n) is 9.12. The highest BCUT2D eigenvalue weighted by Gasteiger charge is 2.08. The minimum Gasteiger partial charge on any atom is -0.462 e. The Kier molecular flexibility index (Phi) is 4.31. The first kappa shape index (κ1) is 11.7. The lowest BCUT2D eigenvalue weighted by Crippen LogP contribution is -2.06. The number of aryl methyl sites for hydroxylation is 1. The smallest absolute Gasteiger partial charge is 0.338 e. The first-order valence-electron chi connectivity index (χ1n) is 5.12. The van der Waals surface area contributed by atoms with E-state index in [0.717, 1.165) is 17.5 Å². The number of esters is 1. The fraction of sp³-hybridized carbons (Fsp3) is 0.417. The van der Waals surface area contributed by atoms with Gasteiger partial charge in [0.05, 0.1) is 18.8 Å². The van der Waals surface area contributed by atoms with Gasteiger partial charge in [0, 0.05) is 0 Å². The molecule has 0 atom stereocenters. The van der Waals surface area contributed by atoms with Crippen molar-refractivity contribution in [2.75, 3.05) is 6.61 Å². The molecule has 0 bridgehead atoms. The fourth-order valence-electron chi connectivity index (χ4n) is 1.45. The number of hydrogen-bond acceptors (Lipinski definition) is 3. The summed E-state index contributed by atoms with van der Waals surface area (Å²) in [5, 5.41) is 9.07. The van der Waals surface area contributed by atoms with Crippen molar-refractivity contribution < 1.29 is 14.6 Å². The van der Waals surface area contributed by atoms with E-state index < -0.39 is 0 Å². The van der Waals surface area contributed by atoms with E-state index in [4.69, 9.17) is 9.84 Å². The van der Waals surface area contributed by atoms with Crippen LogP contribution in [0.2, 0.25) is 0 Å². The summed E-state index contributed by atoms with van der Waals surface area (Å²) >= 11 is 0. The van der Waals surface area contributed by atoms with Gasteiger partial charge in [0.15, 0.2) is 0 Å². The molecule has 3 nitrogen and oxygen atoms in total. The second kappa shape index (κ2) is 5.51. The molecule has 1 N–H and O–H groups in total. The van der Waals surface area contributed by atoms with Crippen molar-refractivity contribution in [3.05, 3.63) is 34.9 Å². The van der Waals surface area contributed by atoms with Gasteiger partial charge in [-0.05, 0) is 36.6 Å². The molecule has 3 heteroatoms. The van der Waals surface area contributed by atoms with Crippen molar-refractivity contribution in [2.45, 2.75) is 26.9 Å². The largest absolute Gasteiger partial charge is 0.462 e. The van der Waals surface area contributed by atoms with Crippen molar-refractivity contribution in [3.63, 3.8) is 0 Å². The second-order valence-corrected chi connectivity index (χ2v) is 3.22. The average molecular weight is 208 g/mol. The maximum atomic E-state index is 11.4. The first-order valence-corrected chi connectivity index (χ1v) is 5.12. The molecular formula is C12H16O3. The molecule has 0 aliphatic heterocycles. The molecule has 82 valence electrons. The molecule has 1 aromatic rings. The molecular weight excluding hydrogens is 192 g/mol. The summed E-state index contributed by atoms with van der Waals surface area (Å²) in [6.07, 6.45) is 0.795. The summed E-state index contributed by atoms with van der Waals surface area (Å²) in [6, 6.07) is 5.23. The monoisotopic (exact) mass is 208 g/mol. The topological polar surface area (TPSA) is 46.5 Å². The Morgan fingerprint density at radius 1 is 1.33 bits per heavy atom. The quantitative estimate of drug-likeness (QED) is 0.769. The van der Waals surface area contributed by atoms with E-state index in [1.54, 1.807) is 25.1 Å². The molecule has 0 aromatic heterocycles. The van der Waals surface area contributed by atoms with Crippen LogP contribution in [0, 0.1) is 0 Å². The van der Waals surface area contributed by atoms with Crippen molar-refractivity contribution >= 4 is 5.97 Å². The number of carbonyl (C=O) groups is 1. The number of rotatable bonds is 4. The van der Waals surface area contributed by atoms with Gasteiger partial charge in [-0.15, -0.1) is 0 Å². The van der Waals surface area contributed by atoms with Crippen LogP contribution in [0.5, 0.6) is 0 Å². The lowest BCUT2D eigenvalue weighted by Gasteiger charge is -2.07. The molecule has 0 saturated heterocycles. The van der Waals surface area contributed by atoms with Gasteiger partial charge in [0.1, 0.15) is 0 Å². The van der Waals surface area contributed by atoms with Gasteiger partial charge >= 0.3 is 5.97 Å². The van der Waals surface area contributed by atoms with Gasteiger partial charge in [-0.25, -0.2) is 4.79 Å². The standard InChI is InChI=1S/C12H16O3/c1-3-9-7-10(12(14)15-4-2)5-6-11(9)8-13/h5-7,13H,3-4,8H2,1-2H3. The molecule has 0 heterocycles. The third-order valence-electron chi connectivity index (χ3n) is 2.27. The molecule has 0 aliphatic carbocycles. The van der Waals surface area contributed by atoms with Crippen LogP contribution in [0.25, 0.3) is 0 Å². The SMILES string of the molecule is CCOC(=O)c1ccc(CO)c(CC)c1. The Morgan fingerprint density at radius 3 is 2.60 bits per heavy atom. The van der Waals surface area contributed by atoms with Gasteiger partial charge in [0.25, 0.3) is 0 Å². The van der Waals surface area contributed by atoms with Gasteiger partial charge < -0.3 is 9.84 Å². The predicted octanol–water partition coefficient (Wildman–Crippen LogP) is 1.92. The molecule has 0 aliphatic rings. The number of aliphatic hydroxyl groups is 1. The Hall–Kier alpha value is -1.35. The number of carbonyl (C=O) groups excluding carboxylic acids is 1.